The number of hydrogen-bond donors (Lipinski definition) is 1. The summed E-state index contributed by atoms with van der Waals surface area (Å²) >= 11 is 2.00. The Bertz CT molecular complexity index is 304. The van der Waals surface area contributed by atoms with Gasteiger partial charge in [0.05, 0.1) is 0 Å². The van der Waals surface area contributed by atoms with Gasteiger partial charge in [0.2, 0.25) is 0 Å². The number of hydrogen-bond acceptors (Lipinski definition) is 1. The molecule has 0 aliphatic rings. The number of benzene rings is 1. The molecule has 0 amide bonds. The van der Waals surface area contributed by atoms with Crippen LogP contribution in [0.4, 0.5) is 0 Å². The molecule has 3 heteroatoms. The zero-order chi connectivity index (χ0) is 8.97. The van der Waals surface area contributed by atoms with E-state index in [1.807, 2.05) is 52.9 Å². The highest BCUT2D eigenvalue weighted by Crippen LogP contribution is 2.20. The van der Waals surface area contributed by atoms with E-state index in [4.69, 9.17) is 5.11 Å². The summed E-state index contributed by atoms with van der Waals surface area (Å²) in [5, 5.41) is 8.46. The van der Waals surface area contributed by atoms with E-state index in [2.05, 4.69) is 0 Å². The minimum absolute atomic E-state index is 0.737. The Kier molecular flexibility index (Phi) is 3.28. The molecule has 0 saturated heterocycles. The SMILES string of the molecule is O=C(O)C=C(I)c1ccccc1. The predicted octanol–water partition coefficient (Wildman–Crippen LogP) is 2.55. The maximum absolute atomic E-state index is 10.3. The van der Waals surface area contributed by atoms with E-state index in [1.54, 1.807) is 0 Å². The number of halogens is 1. The molecule has 0 fully saturated rings. The van der Waals surface area contributed by atoms with Gasteiger partial charge in [-0.3, -0.25) is 0 Å². The largest absolute Gasteiger partial charge is 0.478 e. The van der Waals surface area contributed by atoms with Crippen molar-refractivity contribution in [3.8, 4) is 0 Å². The van der Waals surface area contributed by atoms with Crippen LogP contribution in [0.1, 0.15) is 5.56 Å². The standard InChI is InChI=1S/C9H7IO2/c10-8(6-9(11)12)7-4-2-1-3-5-7/h1-6H,(H,11,12). The second-order valence-electron chi connectivity index (χ2n) is 2.20. The summed E-state index contributed by atoms with van der Waals surface area (Å²) in [6.07, 6.45) is 1.19. The van der Waals surface area contributed by atoms with E-state index in [-0.39, 0.29) is 0 Å². The van der Waals surface area contributed by atoms with E-state index in [1.165, 1.54) is 6.08 Å². The lowest BCUT2D eigenvalue weighted by Crippen LogP contribution is -1.87. The first kappa shape index (κ1) is 9.25. The Morgan fingerprint density at radius 2 is 1.92 bits per heavy atom. The van der Waals surface area contributed by atoms with Crippen LogP contribution in [0.25, 0.3) is 3.58 Å². The highest BCUT2D eigenvalue weighted by Gasteiger charge is 1.97. The van der Waals surface area contributed by atoms with Crippen LogP contribution in [0.5, 0.6) is 0 Å². The normalized spacial score (nSPS) is 11.2. The Labute approximate surface area is 84.1 Å². The van der Waals surface area contributed by atoms with E-state index < -0.39 is 5.97 Å². The van der Waals surface area contributed by atoms with Gasteiger partial charge in [0.1, 0.15) is 0 Å². The topological polar surface area (TPSA) is 37.3 Å². The van der Waals surface area contributed by atoms with Crippen LogP contribution in [-0.4, -0.2) is 11.1 Å². The lowest BCUT2D eigenvalue weighted by Gasteiger charge is -1.95. The fourth-order valence-electron chi connectivity index (χ4n) is 0.789. The highest BCUT2D eigenvalue weighted by atomic mass is 127. The van der Waals surface area contributed by atoms with Crippen molar-refractivity contribution in [3.63, 3.8) is 0 Å². The molecule has 62 valence electrons. The van der Waals surface area contributed by atoms with Crippen molar-refractivity contribution >= 4 is 32.1 Å². The molecule has 0 aliphatic heterocycles. The lowest BCUT2D eigenvalue weighted by molar-refractivity contribution is -0.131. The summed E-state index contributed by atoms with van der Waals surface area (Å²) in [5.41, 5.74) is 0.931. The van der Waals surface area contributed by atoms with Crippen molar-refractivity contribution in [2.24, 2.45) is 0 Å². The Morgan fingerprint density at radius 1 is 1.33 bits per heavy atom. The van der Waals surface area contributed by atoms with E-state index in [9.17, 15) is 4.79 Å². The fraction of sp³-hybridized carbons (Fsp3) is 0. The average Bonchev–Trinajstić information content (AvgIpc) is 2.05. The van der Waals surface area contributed by atoms with Crippen LogP contribution >= 0.6 is 22.6 Å². The fourth-order valence-corrected chi connectivity index (χ4v) is 1.42. The van der Waals surface area contributed by atoms with Gasteiger partial charge in [-0.25, -0.2) is 4.79 Å². The average molecular weight is 274 g/mol. The summed E-state index contributed by atoms with van der Waals surface area (Å²) in [6.45, 7) is 0. The molecule has 0 atom stereocenters. The van der Waals surface area contributed by atoms with Gasteiger partial charge in [0.25, 0.3) is 0 Å². The summed E-state index contributed by atoms with van der Waals surface area (Å²) in [6, 6.07) is 9.41. The van der Waals surface area contributed by atoms with Crippen molar-refractivity contribution < 1.29 is 9.90 Å². The van der Waals surface area contributed by atoms with Gasteiger partial charge >= 0.3 is 5.97 Å². The maximum atomic E-state index is 10.3. The molecule has 1 aromatic carbocycles. The van der Waals surface area contributed by atoms with Crippen molar-refractivity contribution in [1.29, 1.82) is 0 Å². The molecule has 0 radical (unpaired) electrons. The second kappa shape index (κ2) is 4.25. The summed E-state index contributed by atoms with van der Waals surface area (Å²) in [4.78, 5) is 10.3. The molecule has 0 unspecified atom stereocenters. The first-order chi connectivity index (χ1) is 5.70. The van der Waals surface area contributed by atoms with Gasteiger partial charge in [0, 0.05) is 9.66 Å². The quantitative estimate of drug-likeness (QED) is 0.664. The van der Waals surface area contributed by atoms with E-state index >= 15 is 0 Å². The van der Waals surface area contributed by atoms with Gasteiger partial charge in [-0.2, -0.15) is 0 Å². The molecule has 0 bridgehead atoms. The van der Waals surface area contributed by atoms with Crippen molar-refractivity contribution in [2.45, 2.75) is 0 Å². The third-order valence-corrected chi connectivity index (χ3v) is 2.23. The molecule has 0 spiro atoms. The highest BCUT2D eigenvalue weighted by molar-refractivity contribution is 14.1. The van der Waals surface area contributed by atoms with E-state index in [0.717, 1.165) is 9.14 Å². The maximum Gasteiger partial charge on any atom is 0.329 e. The van der Waals surface area contributed by atoms with Crippen LogP contribution in [0.2, 0.25) is 0 Å². The molecule has 0 heterocycles. The molecule has 1 rings (SSSR count). The first-order valence-corrected chi connectivity index (χ1v) is 4.43. The molecule has 12 heavy (non-hydrogen) atoms. The van der Waals surface area contributed by atoms with E-state index in [0.29, 0.717) is 0 Å². The van der Waals surface area contributed by atoms with Crippen molar-refractivity contribution in [1.82, 2.24) is 0 Å². The van der Waals surface area contributed by atoms with Gasteiger partial charge in [-0.15, -0.1) is 0 Å². The molecular formula is C9H7IO2. The Morgan fingerprint density at radius 3 is 2.42 bits per heavy atom. The second-order valence-corrected chi connectivity index (χ2v) is 3.36. The molecule has 0 saturated carbocycles. The zero-order valence-corrected chi connectivity index (χ0v) is 8.36. The summed E-state index contributed by atoms with van der Waals surface area (Å²) < 4.78 is 0.737. The minimum atomic E-state index is -0.914. The molecule has 0 aromatic heterocycles. The van der Waals surface area contributed by atoms with Gasteiger partial charge in [0.15, 0.2) is 0 Å². The van der Waals surface area contributed by atoms with Crippen LogP contribution in [-0.2, 0) is 4.79 Å². The van der Waals surface area contributed by atoms with Crippen molar-refractivity contribution in [2.75, 3.05) is 0 Å². The molecule has 1 N–H and O–H groups in total. The third-order valence-electron chi connectivity index (χ3n) is 1.30. The van der Waals surface area contributed by atoms with Crippen LogP contribution in [0.3, 0.4) is 0 Å². The number of aliphatic carboxylic acids is 1. The number of rotatable bonds is 2. The van der Waals surface area contributed by atoms with Crippen LogP contribution in [0, 0.1) is 0 Å². The zero-order valence-electron chi connectivity index (χ0n) is 6.20. The summed E-state index contributed by atoms with van der Waals surface area (Å²) in [7, 11) is 0. The van der Waals surface area contributed by atoms with Crippen LogP contribution in [0.15, 0.2) is 36.4 Å². The Hall–Kier alpha value is -0.840. The molecule has 1 aromatic rings. The van der Waals surface area contributed by atoms with Crippen LogP contribution < -0.4 is 0 Å². The molecule has 0 aliphatic carbocycles. The van der Waals surface area contributed by atoms with Gasteiger partial charge in [-0.1, -0.05) is 30.3 Å². The lowest BCUT2D eigenvalue weighted by atomic mass is 10.2. The summed E-state index contributed by atoms with van der Waals surface area (Å²) in [5.74, 6) is -0.914. The Balaban J connectivity index is 2.93. The number of carboxylic acids is 1. The number of carboxylic acid groups (broad SMARTS) is 1. The monoisotopic (exact) mass is 274 g/mol. The minimum Gasteiger partial charge on any atom is -0.478 e. The van der Waals surface area contributed by atoms with Gasteiger partial charge in [-0.05, 0) is 28.2 Å². The smallest absolute Gasteiger partial charge is 0.329 e. The first-order valence-electron chi connectivity index (χ1n) is 3.35. The molecule has 2 nitrogen and oxygen atoms in total. The third kappa shape index (κ3) is 2.65. The van der Waals surface area contributed by atoms with Crippen molar-refractivity contribution in [3.05, 3.63) is 42.0 Å². The predicted molar refractivity (Wildman–Crippen MR) is 56.1 cm³/mol. The van der Waals surface area contributed by atoms with Gasteiger partial charge < -0.3 is 5.11 Å². The molecular weight excluding hydrogens is 267 g/mol. The number of carbonyl (C=O) groups is 1.